The number of nitrogens with zero attached hydrogens (tertiary/aromatic N) is 4. The molecule has 1 aliphatic rings. The summed E-state index contributed by atoms with van der Waals surface area (Å²) in [5, 5.41) is 9.77. The normalized spacial score (nSPS) is 20.1. The van der Waals surface area contributed by atoms with E-state index in [9.17, 15) is 9.90 Å². The number of amides is 1. The second-order valence-corrected chi connectivity index (χ2v) is 9.13. The van der Waals surface area contributed by atoms with Crippen LogP contribution >= 0.6 is 0 Å². The van der Waals surface area contributed by atoms with Gasteiger partial charge in [0.15, 0.2) is 0 Å². The highest BCUT2D eigenvalue weighted by atomic mass is 16.5. The monoisotopic (exact) mass is 440 g/mol. The molecule has 2 heterocycles. The van der Waals surface area contributed by atoms with Crippen molar-refractivity contribution in [1.29, 1.82) is 0 Å². The molecule has 0 spiro atoms. The Balaban J connectivity index is 1.89. The van der Waals surface area contributed by atoms with Gasteiger partial charge in [-0.2, -0.15) is 0 Å². The summed E-state index contributed by atoms with van der Waals surface area (Å²) in [5.74, 6) is 0.869. The minimum Gasteiger partial charge on any atom is -0.488 e. The van der Waals surface area contributed by atoms with E-state index < -0.39 is 0 Å². The number of likely N-dealkylation sites (N-methyl/N-ethyl adjacent to an activating group) is 1. The molecule has 1 N–H and O–H groups in total. The predicted molar refractivity (Wildman–Crippen MR) is 127 cm³/mol. The van der Waals surface area contributed by atoms with Gasteiger partial charge >= 0.3 is 0 Å². The van der Waals surface area contributed by atoms with Crippen molar-refractivity contribution in [1.82, 2.24) is 14.8 Å². The van der Waals surface area contributed by atoms with Gasteiger partial charge in [-0.05, 0) is 49.9 Å². The molecule has 1 aromatic heterocycles. The Morgan fingerprint density at radius 3 is 2.59 bits per heavy atom. The summed E-state index contributed by atoms with van der Waals surface area (Å²) < 4.78 is 6.57. The lowest BCUT2D eigenvalue weighted by atomic mass is 10.0. The number of aliphatic hydroxyl groups is 1. The van der Waals surface area contributed by atoms with Gasteiger partial charge in [-0.15, -0.1) is 0 Å². The van der Waals surface area contributed by atoms with Crippen molar-refractivity contribution in [3.63, 3.8) is 0 Å². The summed E-state index contributed by atoms with van der Waals surface area (Å²) >= 11 is 0. The van der Waals surface area contributed by atoms with E-state index in [4.69, 9.17) is 4.74 Å². The number of rotatable bonds is 7. The molecule has 0 saturated carbocycles. The maximum absolute atomic E-state index is 13.2. The highest BCUT2D eigenvalue weighted by Crippen LogP contribution is 2.30. The highest BCUT2D eigenvalue weighted by molar-refractivity contribution is 5.80. The number of aliphatic hydroxyl groups excluding tert-OH is 1. The van der Waals surface area contributed by atoms with Crippen LogP contribution in [0.25, 0.3) is 0 Å². The zero-order valence-electron chi connectivity index (χ0n) is 19.9. The Bertz CT molecular complexity index is 890. The van der Waals surface area contributed by atoms with Crippen LogP contribution in [0.15, 0.2) is 42.7 Å². The fraction of sp³-hybridized carbons (Fsp3) is 0.520. The van der Waals surface area contributed by atoms with E-state index in [1.807, 2.05) is 56.3 Å². The number of carbonyl (C=O) groups is 1. The van der Waals surface area contributed by atoms with Gasteiger partial charge < -0.3 is 19.6 Å². The molecule has 7 heteroatoms. The second kappa shape index (κ2) is 10.8. The minimum atomic E-state index is -0.237. The molecular formula is C25H36N4O3. The zero-order valence-corrected chi connectivity index (χ0v) is 19.9. The Hall–Kier alpha value is -2.64. The first-order chi connectivity index (χ1) is 15.3. The van der Waals surface area contributed by atoms with Crippen LogP contribution in [0.3, 0.4) is 0 Å². The van der Waals surface area contributed by atoms with Crippen molar-refractivity contribution in [3.05, 3.63) is 53.9 Å². The van der Waals surface area contributed by atoms with Gasteiger partial charge in [-0.1, -0.05) is 6.92 Å². The molecule has 174 valence electrons. The van der Waals surface area contributed by atoms with Crippen molar-refractivity contribution >= 4 is 11.6 Å². The number of fused-ring (bicyclic) bond motifs is 1. The maximum Gasteiger partial charge on any atom is 0.227 e. The van der Waals surface area contributed by atoms with Crippen LogP contribution in [-0.4, -0.2) is 78.8 Å². The first-order valence-electron chi connectivity index (χ1n) is 11.2. The number of aromatic nitrogens is 1. The molecule has 3 atom stereocenters. The molecule has 1 aliphatic heterocycles. The first-order valence-corrected chi connectivity index (χ1v) is 11.2. The average molecular weight is 441 g/mol. The van der Waals surface area contributed by atoms with E-state index in [0.717, 1.165) is 23.5 Å². The standard InChI is InChI=1S/C25H36N4O3/c1-18-14-29(19(2)17-30)25(31)13-21-12-22(27(3)4)6-7-23(21)32-24(18)16-28(5)15-20-8-10-26-11-9-20/h6-12,18-19,24,30H,13-17H2,1-5H3/t18-,19-,24-/m1/s1. The minimum absolute atomic E-state index is 0.0185. The Labute approximate surface area is 191 Å². The van der Waals surface area contributed by atoms with E-state index in [0.29, 0.717) is 13.1 Å². The molecule has 0 aliphatic carbocycles. The molecule has 1 amide bonds. The lowest BCUT2D eigenvalue weighted by molar-refractivity contribution is -0.134. The number of hydrogen-bond donors (Lipinski definition) is 1. The molecule has 2 aromatic rings. The number of hydrogen-bond acceptors (Lipinski definition) is 6. The zero-order chi connectivity index (χ0) is 23.3. The Morgan fingerprint density at radius 2 is 1.94 bits per heavy atom. The predicted octanol–water partition coefficient (Wildman–Crippen LogP) is 2.43. The smallest absolute Gasteiger partial charge is 0.227 e. The molecule has 0 fully saturated rings. The molecule has 7 nitrogen and oxygen atoms in total. The largest absolute Gasteiger partial charge is 0.488 e. The van der Waals surface area contributed by atoms with Crippen LogP contribution in [0.1, 0.15) is 25.0 Å². The third-order valence-electron chi connectivity index (χ3n) is 6.11. The number of ether oxygens (including phenoxy) is 1. The summed E-state index contributed by atoms with van der Waals surface area (Å²) in [5.41, 5.74) is 3.10. The lowest BCUT2D eigenvalue weighted by Gasteiger charge is -2.34. The number of carbonyl (C=O) groups excluding carboxylic acids is 1. The molecule has 0 unspecified atom stereocenters. The number of pyridine rings is 1. The van der Waals surface area contributed by atoms with E-state index in [1.54, 1.807) is 17.3 Å². The Kier molecular flexibility index (Phi) is 8.10. The van der Waals surface area contributed by atoms with Gasteiger partial charge in [0.25, 0.3) is 0 Å². The second-order valence-electron chi connectivity index (χ2n) is 9.13. The van der Waals surface area contributed by atoms with Crippen molar-refractivity contribution in [2.24, 2.45) is 5.92 Å². The quantitative estimate of drug-likeness (QED) is 0.713. The highest BCUT2D eigenvalue weighted by Gasteiger charge is 2.31. The average Bonchev–Trinajstić information content (AvgIpc) is 2.81. The molecule has 0 bridgehead atoms. The summed E-state index contributed by atoms with van der Waals surface area (Å²) in [4.78, 5) is 23.4. The lowest BCUT2D eigenvalue weighted by Crippen LogP contribution is -2.47. The number of benzene rings is 1. The van der Waals surface area contributed by atoms with Crippen LogP contribution in [0.5, 0.6) is 5.75 Å². The van der Waals surface area contributed by atoms with Gasteiger partial charge in [0, 0.05) is 63.3 Å². The fourth-order valence-corrected chi connectivity index (χ4v) is 4.08. The van der Waals surface area contributed by atoms with Gasteiger partial charge in [-0.25, -0.2) is 0 Å². The molecular weight excluding hydrogens is 404 g/mol. The third kappa shape index (κ3) is 5.99. The van der Waals surface area contributed by atoms with Crippen molar-refractivity contribution in [2.45, 2.75) is 39.0 Å². The topological polar surface area (TPSA) is 69.1 Å². The van der Waals surface area contributed by atoms with Crippen LogP contribution in [0.2, 0.25) is 0 Å². The summed E-state index contributed by atoms with van der Waals surface area (Å²) in [6.07, 6.45) is 3.76. The molecule has 0 radical (unpaired) electrons. The number of anilines is 1. The molecule has 32 heavy (non-hydrogen) atoms. The van der Waals surface area contributed by atoms with Crippen molar-refractivity contribution in [3.8, 4) is 5.75 Å². The molecule has 1 aromatic carbocycles. The SMILES string of the molecule is C[C@@H]1CN([C@H](C)CO)C(=O)Cc2cc(N(C)C)ccc2O[C@@H]1CN(C)Cc1ccncc1. The fourth-order valence-electron chi connectivity index (χ4n) is 4.08. The van der Waals surface area contributed by atoms with Crippen molar-refractivity contribution in [2.75, 3.05) is 45.7 Å². The summed E-state index contributed by atoms with van der Waals surface area (Å²) in [6, 6.07) is 9.84. The van der Waals surface area contributed by atoms with Gasteiger partial charge in [-0.3, -0.25) is 14.7 Å². The van der Waals surface area contributed by atoms with Crippen molar-refractivity contribution < 1.29 is 14.6 Å². The van der Waals surface area contributed by atoms with Crippen LogP contribution in [0, 0.1) is 5.92 Å². The summed E-state index contributed by atoms with van der Waals surface area (Å²) in [7, 11) is 6.05. The van der Waals surface area contributed by atoms with Crippen LogP contribution in [0.4, 0.5) is 5.69 Å². The first kappa shape index (κ1) is 24.0. The van der Waals surface area contributed by atoms with Crippen LogP contribution < -0.4 is 9.64 Å². The van der Waals surface area contributed by atoms with E-state index in [2.05, 4.69) is 23.9 Å². The van der Waals surface area contributed by atoms with E-state index >= 15 is 0 Å². The van der Waals surface area contributed by atoms with Gasteiger partial charge in [0.1, 0.15) is 11.9 Å². The maximum atomic E-state index is 13.2. The Morgan fingerprint density at radius 1 is 1.22 bits per heavy atom. The summed E-state index contributed by atoms with van der Waals surface area (Å²) in [6.45, 7) is 6.00. The molecule has 0 saturated heterocycles. The molecule has 3 rings (SSSR count). The van der Waals surface area contributed by atoms with Crippen LogP contribution in [-0.2, 0) is 17.8 Å². The van der Waals surface area contributed by atoms with E-state index in [1.165, 1.54) is 5.56 Å². The third-order valence-corrected chi connectivity index (χ3v) is 6.11. The van der Waals surface area contributed by atoms with Gasteiger partial charge in [0.05, 0.1) is 19.1 Å². The van der Waals surface area contributed by atoms with Gasteiger partial charge in [0.2, 0.25) is 5.91 Å². The van der Waals surface area contributed by atoms with E-state index in [-0.39, 0.29) is 37.0 Å².